The first-order valence-corrected chi connectivity index (χ1v) is 7.30. The minimum Gasteiger partial charge on any atom is -0.315 e. The van der Waals surface area contributed by atoms with Crippen molar-refractivity contribution < 1.29 is 0 Å². The fourth-order valence-corrected chi connectivity index (χ4v) is 2.52. The summed E-state index contributed by atoms with van der Waals surface area (Å²) in [6.45, 7) is 3.02. The number of hydrogen-bond donors (Lipinski definition) is 0. The maximum atomic E-state index is 12.3. The Hall–Kier alpha value is -0.800. The molecule has 0 bridgehead atoms. The van der Waals surface area contributed by atoms with Gasteiger partial charge >= 0.3 is 0 Å². The Kier molecular flexibility index (Phi) is 6.59. The van der Waals surface area contributed by atoms with Crippen molar-refractivity contribution in [2.24, 2.45) is 0 Å². The molecular weight excluding hydrogens is 326 g/mol. The molecule has 1 aromatic carbocycles. The van der Waals surface area contributed by atoms with Crippen LogP contribution in [0.25, 0.3) is 10.8 Å². The van der Waals surface area contributed by atoms with E-state index in [1.807, 2.05) is 35.0 Å². The molecule has 0 fully saturated rings. The van der Waals surface area contributed by atoms with Crippen molar-refractivity contribution in [1.29, 1.82) is 0 Å². The third-order valence-electron chi connectivity index (χ3n) is 3.19. The van der Waals surface area contributed by atoms with Gasteiger partial charge in [0.15, 0.2) is 0 Å². The minimum atomic E-state index is 0. The molecule has 0 aliphatic rings. The smallest absolute Gasteiger partial charge is 0.258 e. The van der Waals surface area contributed by atoms with Gasteiger partial charge in [-0.3, -0.25) is 4.79 Å². The second kappa shape index (κ2) is 7.71. The molecule has 2 rings (SSSR count). The molecule has 0 unspecified atom stereocenters. The molecular formula is C15H19BrClNO. The second-order valence-corrected chi connectivity index (χ2v) is 5.52. The Balaban J connectivity index is 0.00000180. The molecule has 0 radical (unpaired) electrons. The second-order valence-electron chi connectivity index (χ2n) is 4.61. The lowest BCUT2D eigenvalue weighted by Crippen LogP contribution is -2.19. The van der Waals surface area contributed by atoms with Crippen molar-refractivity contribution in [2.45, 2.75) is 39.2 Å². The van der Waals surface area contributed by atoms with Crippen LogP contribution in [0.5, 0.6) is 0 Å². The largest absolute Gasteiger partial charge is 0.315 e. The summed E-state index contributed by atoms with van der Waals surface area (Å²) in [6.07, 6.45) is 6.65. The van der Waals surface area contributed by atoms with Crippen LogP contribution < -0.4 is 5.56 Å². The van der Waals surface area contributed by atoms with Crippen molar-refractivity contribution in [1.82, 2.24) is 4.57 Å². The average molecular weight is 345 g/mol. The number of nitrogens with zero attached hydrogens (tertiary/aromatic N) is 1. The van der Waals surface area contributed by atoms with Crippen LogP contribution in [0.3, 0.4) is 0 Å². The van der Waals surface area contributed by atoms with Crippen LogP contribution in [-0.4, -0.2) is 4.57 Å². The number of hydrogen-bond acceptors (Lipinski definition) is 1. The van der Waals surface area contributed by atoms with E-state index in [0.29, 0.717) is 0 Å². The molecule has 2 nitrogen and oxygen atoms in total. The Morgan fingerprint density at radius 2 is 1.95 bits per heavy atom. The van der Waals surface area contributed by atoms with Crippen LogP contribution in [0.2, 0.25) is 0 Å². The lowest BCUT2D eigenvalue weighted by molar-refractivity contribution is 0.573. The monoisotopic (exact) mass is 343 g/mol. The molecule has 104 valence electrons. The number of fused-ring (bicyclic) bond motifs is 1. The van der Waals surface area contributed by atoms with Crippen molar-refractivity contribution in [3.05, 3.63) is 45.3 Å². The van der Waals surface area contributed by atoms with Gasteiger partial charge in [-0.15, -0.1) is 12.4 Å². The summed E-state index contributed by atoms with van der Waals surface area (Å²) in [4.78, 5) is 12.3. The van der Waals surface area contributed by atoms with Gasteiger partial charge in [0.25, 0.3) is 5.56 Å². The molecule has 2 aromatic rings. The Morgan fingerprint density at radius 3 is 2.68 bits per heavy atom. The predicted octanol–water partition coefficient (Wildman–Crippen LogP) is 4.77. The van der Waals surface area contributed by atoms with Gasteiger partial charge in [-0.05, 0) is 36.1 Å². The number of rotatable bonds is 5. The quantitative estimate of drug-likeness (QED) is 0.716. The molecule has 19 heavy (non-hydrogen) atoms. The number of halogens is 2. The van der Waals surface area contributed by atoms with Gasteiger partial charge in [0, 0.05) is 22.6 Å². The molecule has 1 heterocycles. The first-order chi connectivity index (χ1) is 8.72. The predicted molar refractivity (Wildman–Crippen MR) is 87.3 cm³/mol. The fourth-order valence-electron chi connectivity index (χ4n) is 2.14. The lowest BCUT2D eigenvalue weighted by Gasteiger charge is -2.07. The van der Waals surface area contributed by atoms with Gasteiger partial charge < -0.3 is 4.57 Å². The van der Waals surface area contributed by atoms with Crippen LogP contribution in [0.1, 0.15) is 32.6 Å². The Morgan fingerprint density at radius 1 is 1.16 bits per heavy atom. The summed E-state index contributed by atoms with van der Waals surface area (Å²) < 4.78 is 2.83. The van der Waals surface area contributed by atoms with Crippen molar-refractivity contribution in [3.63, 3.8) is 0 Å². The molecule has 0 saturated heterocycles. The molecule has 1 aromatic heterocycles. The SMILES string of the molecule is CCCCCCn1ccc2cc(Br)ccc2c1=O.Cl. The lowest BCUT2D eigenvalue weighted by atomic mass is 10.1. The zero-order valence-corrected chi connectivity index (χ0v) is 13.5. The van der Waals surface area contributed by atoms with Crippen molar-refractivity contribution in [3.8, 4) is 0 Å². The zero-order valence-electron chi connectivity index (χ0n) is 11.1. The van der Waals surface area contributed by atoms with Crippen molar-refractivity contribution >= 4 is 39.1 Å². The Labute approximate surface area is 128 Å². The van der Waals surface area contributed by atoms with E-state index in [2.05, 4.69) is 22.9 Å². The standard InChI is InChI=1S/C15H18BrNO.ClH/c1-2-3-4-5-9-17-10-8-12-11-13(16)6-7-14(12)15(17)18;/h6-8,10-11H,2-5,9H2,1H3;1H. The van der Waals surface area contributed by atoms with E-state index in [4.69, 9.17) is 0 Å². The maximum absolute atomic E-state index is 12.3. The van der Waals surface area contributed by atoms with E-state index in [1.165, 1.54) is 19.3 Å². The van der Waals surface area contributed by atoms with E-state index in [0.717, 1.165) is 28.2 Å². The van der Waals surface area contributed by atoms with Crippen LogP contribution in [0.15, 0.2) is 39.7 Å². The third kappa shape index (κ3) is 4.08. The fraction of sp³-hybridized carbons (Fsp3) is 0.400. The highest BCUT2D eigenvalue weighted by Gasteiger charge is 2.02. The van der Waals surface area contributed by atoms with Crippen LogP contribution in [0.4, 0.5) is 0 Å². The average Bonchev–Trinajstić information content (AvgIpc) is 2.37. The van der Waals surface area contributed by atoms with Gasteiger partial charge in [-0.2, -0.15) is 0 Å². The van der Waals surface area contributed by atoms with Gasteiger partial charge in [0.1, 0.15) is 0 Å². The number of benzene rings is 1. The van der Waals surface area contributed by atoms with E-state index in [-0.39, 0.29) is 18.0 Å². The van der Waals surface area contributed by atoms with Crippen LogP contribution in [0, 0.1) is 0 Å². The van der Waals surface area contributed by atoms with E-state index < -0.39 is 0 Å². The summed E-state index contributed by atoms with van der Waals surface area (Å²) in [5, 5.41) is 1.80. The maximum Gasteiger partial charge on any atom is 0.258 e. The third-order valence-corrected chi connectivity index (χ3v) is 3.68. The van der Waals surface area contributed by atoms with Gasteiger partial charge in [0.2, 0.25) is 0 Å². The molecule has 4 heteroatoms. The molecule has 0 aliphatic heterocycles. The molecule has 0 atom stereocenters. The normalized spacial score (nSPS) is 10.4. The highest BCUT2D eigenvalue weighted by Crippen LogP contribution is 2.16. The van der Waals surface area contributed by atoms with Gasteiger partial charge in [-0.1, -0.05) is 42.1 Å². The van der Waals surface area contributed by atoms with Crippen molar-refractivity contribution in [2.75, 3.05) is 0 Å². The van der Waals surface area contributed by atoms with E-state index in [1.54, 1.807) is 0 Å². The first-order valence-electron chi connectivity index (χ1n) is 6.51. The zero-order chi connectivity index (χ0) is 13.0. The molecule has 0 aliphatic carbocycles. The summed E-state index contributed by atoms with van der Waals surface area (Å²) in [6, 6.07) is 7.81. The summed E-state index contributed by atoms with van der Waals surface area (Å²) in [5.74, 6) is 0. The number of aryl methyl sites for hydroxylation is 1. The summed E-state index contributed by atoms with van der Waals surface area (Å²) in [7, 11) is 0. The van der Waals surface area contributed by atoms with Gasteiger partial charge in [0.05, 0.1) is 0 Å². The topological polar surface area (TPSA) is 22.0 Å². The van der Waals surface area contributed by atoms with E-state index >= 15 is 0 Å². The summed E-state index contributed by atoms with van der Waals surface area (Å²) >= 11 is 3.43. The van der Waals surface area contributed by atoms with Gasteiger partial charge in [-0.25, -0.2) is 0 Å². The first kappa shape index (κ1) is 16.3. The van der Waals surface area contributed by atoms with Crippen LogP contribution in [-0.2, 0) is 6.54 Å². The Bertz CT molecular complexity index is 594. The minimum absolute atomic E-state index is 0. The summed E-state index contributed by atoms with van der Waals surface area (Å²) in [5.41, 5.74) is 0.122. The molecule has 0 saturated carbocycles. The van der Waals surface area contributed by atoms with Crippen LogP contribution >= 0.6 is 28.3 Å². The highest BCUT2D eigenvalue weighted by molar-refractivity contribution is 9.10. The molecule has 0 amide bonds. The molecule has 0 spiro atoms. The molecule has 0 N–H and O–H groups in total. The number of unbranched alkanes of at least 4 members (excludes halogenated alkanes) is 3. The van der Waals surface area contributed by atoms with E-state index in [9.17, 15) is 4.79 Å². The number of pyridine rings is 1. The highest BCUT2D eigenvalue weighted by atomic mass is 79.9. The number of aromatic nitrogens is 1.